The van der Waals surface area contributed by atoms with Crippen LogP contribution in [-0.2, 0) is 0 Å². The Morgan fingerprint density at radius 3 is 2.61 bits per heavy atom. The first-order valence-corrected chi connectivity index (χ1v) is 16.6. The Labute approximate surface area is 236 Å². The van der Waals surface area contributed by atoms with Gasteiger partial charge >= 0.3 is 0 Å². The summed E-state index contributed by atoms with van der Waals surface area (Å²) in [5.41, 5.74) is 5.28. The van der Waals surface area contributed by atoms with Crippen LogP contribution >= 0.6 is 0 Å². The summed E-state index contributed by atoms with van der Waals surface area (Å²) in [6.45, 7) is 18.2. The molecule has 0 N–H and O–H groups in total. The minimum atomic E-state index is 0.628. The fraction of sp³-hybridized carbons (Fsp3) is 0.730. The Morgan fingerprint density at radius 1 is 1.05 bits per heavy atom. The summed E-state index contributed by atoms with van der Waals surface area (Å²) in [7, 11) is 0. The van der Waals surface area contributed by atoms with Crippen LogP contribution in [-0.4, -0.2) is 24.5 Å². The van der Waals surface area contributed by atoms with Gasteiger partial charge in [-0.1, -0.05) is 107 Å². The number of hydrogen-bond donors (Lipinski definition) is 0. The lowest BCUT2D eigenvalue weighted by atomic mass is 9.56. The first-order valence-electron chi connectivity index (χ1n) is 16.6. The van der Waals surface area contributed by atoms with Crippen LogP contribution in [0.25, 0.3) is 0 Å². The SMILES string of the molecule is CC=CC(C)C(CC1=CC2CC2C=C1)CN(CCCC)CC1CC2CC=CCC(CC)=C(C(C)CCC)C21. The van der Waals surface area contributed by atoms with Crippen molar-refractivity contribution in [2.75, 3.05) is 19.6 Å². The second-order valence-corrected chi connectivity index (χ2v) is 13.4. The van der Waals surface area contributed by atoms with Crippen molar-refractivity contribution in [1.82, 2.24) is 4.90 Å². The molecule has 4 aliphatic rings. The number of fused-ring (bicyclic) bond motifs is 2. The molecule has 0 aromatic heterocycles. The summed E-state index contributed by atoms with van der Waals surface area (Å²) in [5, 5.41) is 0. The first-order chi connectivity index (χ1) is 18.5. The predicted octanol–water partition coefficient (Wildman–Crippen LogP) is 10.2. The highest BCUT2D eigenvalue weighted by molar-refractivity contribution is 5.31. The minimum absolute atomic E-state index is 0.628. The molecule has 2 fully saturated rings. The van der Waals surface area contributed by atoms with E-state index in [1.807, 2.05) is 5.57 Å². The average Bonchev–Trinajstić information content (AvgIpc) is 3.67. The van der Waals surface area contributed by atoms with Crippen molar-refractivity contribution in [3.63, 3.8) is 0 Å². The average molecular weight is 518 g/mol. The zero-order chi connectivity index (χ0) is 27.1. The third-order valence-corrected chi connectivity index (χ3v) is 10.5. The number of unbranched alkanes of at least 4 members (excludes halogenated alkanes) is 1. The minimum Gasteiger partial charge on any atom is -0.303 e. The quantitative estimate of drug-likeness (QED) is 0.195. The van der Waals surface area contributed by atoms with Gasteiger partial charge in [0.05, 0.1) is 0 Å². The Kier molecular flexibility index (Phi) is 11.2. The molecule has 1 heteroatoms. The van der Waals surface area contributed by atoms with Crippen molar-refractivity contribution >= 4 is 0 Å². The lowest BCUT2D eigenvalue weighted by Gasteiger charge is -2.51. The molecule has 0 spiro atoms. The fourth-order valence-electron chi connectivity index (χ4n) is 8.12. The van der Waals surface area contributed by atoms with Crippen LogP contribution in [0.3, 0.4) is 0 Å². The maximum atomic E-state index is 2.92. The molecule has 1 nitrogen and oxygen atoms in total. The lowest BCUT2D eigenvalue weighted by molar-refractivity contribution is 0.0473. The van der Waals surface area contributed by atoms with E-state index in [0.29, 0.717) is 11.8 Å². The molecule has 4 rings (SSSR count). The standard InChI is InChI=1S/C37H59N/c1-7-11-20-38(25-34(27(5)14-8-2)22-29-18-19-31-23-33(31)21-29)26-35-24-32-17-13-12-16-30(10-4)36(37(32)35)28(6)15-9-3/h8,12-14,18-19,21,27-28,31-35,37H,7,9-11,15-17,20,22-26H2,1-6H3. The maximum absolute atomic E-state index is 2.92. The van der Waals surface area contributed by atoms with E-state index in [2.05, 4.69) is 89.0 Å². The van der Waals surface area contributed by atoms with Crippen molar-refractivity contribution in [3.8, 4) is 0 Å². The summed E-state index contributed by atoms with van der Waals surface area (Å²) >= 11 is 0. The predicted molar refractivity (Wildman–Crippen MR) is 167 cm³/mol. The van der Waals surface area contributed by atoms with E-state index in [0.717, 1.165) is 35.5 Å². The van der Waals surface area contributed by atoms with Gasteiger partial charge in [-0.3, -0.25) is 0 Å². The highest BCUT2D eigenvalue weighted by Crippen LogP contribution is 2.52. The molecule has 8 unspecified atom stereocenters. The fourth-order valence-corrected chi connectivity index (χ4v) is 8.12. The van der Waals surface area contributed by atoms with Crippen molar-refractivity contribution in [3.05, 3.63) is 59.3 Å². The largest absolute Gasteiger partial charge is 0.303 e. The molecule has 2 saturated carbocycles. The monoisotopic (exact) mass is 517 g/mol. The van der Waals surface area contributed by atoms with E-state index in [-0.39, 0.29) is 0 Å². The number of allylic oxidation sites excluding steroid dienone is 10. The molecule has 0 bridgehead atoms. The Hall–Kier alpha value is -1.34. The molecule has 212 valence electrons. The molecule has 0 amide bonds. The zero-order valence-electron chi connectivity index (χ0n) is 25.8. The van der Waals surface area contributed by atoms with Gasteiger partial charge in [0.25, 0.3) is 0 Å². The van der Waals surface area contributed by atoms with Crippen molar-refractivity contribution < 1.29 is 0 Å². The molecule has 0 radical (unpaired) electrons. The Balaban J connectivity index is 1.52. The first kappa shape index (κ1) is 29.6. The van der Waals surface area contributed by atoms with Crippen molar-refractivity contribution in [2.45, 2.75) is 106 Å². The summed E-state index contributed by atoms with van der Waals surface area (Å²) < 4.78 is 0. The van der Waals surface area contributed by atoms with Crippen LogP contribution in [0.1, 0.15) is 106 Å². The molecular weight excluding hydrogens is 458 g/mol. The van der Waals surface area contributed by atoms with Crippen LogP contribution in [0, 0.1) is 47.3 Å². The van der Waals surface area contributed by atoms with Crippen LogP contribution in [0.15, 0.2) is 59.3 Å². The molecule has 0 aliphatic heterocycles. The lowest BCUT2D eigenvalue weighted by Crippen LogP contribution is -2.47. The van der Waals surface area contributed by atoms with Gasteiger partial charge in [-0.2, -0.15) is 0 Å². The molecule has 0 heterocycles. The molecule has 4 aliphatic carbocycles. The highest BCUT2D eigenvalue weighted by atomic mass is 15.1. The summed E-state index contributed by atoms with van der Waals surface area (Å²) in [4.78, 5) is 2.92. The second kappa shape index (κ2) is 14.3. The smallest absolute Gasteiger partial charge is 0.00185 e. The molecule has 0 aromatic carbocycles. The topological polar surface area (TPSA) is 3.24 Å². The van der Waals surface area contributed by atoms with E-state index in [1.165, 1.54) is 83.8 Å². The normalized spacial score (nSPS) is 30.8. The zero-order valence-corrected chi connectivity index (χ0v) is 25.8. The van der Waals surface area contributed by atoms with Gasteiger partial charge in [0.1, 0.15) is 0 Å². The van der Waals surface area contributed by atoms with Gasteiger partial charge in [0.15, 0.2) is 0 Å². The Bertz CT molecular complexity index is 900. The number of nitrogens with zero attached hydrogens (tertiary/aromatic N) is 1. The third-order valence-electron chi connectivity index (χ3n) is 10.5. The van der Waals surface area contributed by atoms with Gasteiger partial charge < -0.3 is 4.90 Å². The van der Waals surface area contributed by atoms with Gasteiger partial charge in [0, 0.05) is 13.1 Å². The maximum Gasteiger partial charge on any atom is 0.00185 e. The van der Waals surface area contributed by atoms with Gasteiger partial charge in [-0.25, -0.2) is 0 Å². The summed E-state index contributed by atoms with van der Waals surface area (Å²) in [6, 6.07) is 0. The number of rotatable bonds is 15. The van der Waals surface area contributed by atoms with E-state index >= 15 is 0 Å². The van der Waals surface area contributed by atoms with Crippen molar-refractivity contribution in [1.29, 1.82) is 0 Å². The molecule has 8 atom stereocenters. The second-order valence-electron chi connectivity index (χ2n) is 13.4. The van der Waals surface area contributed by atoms with E-state index in [4.69, 9.17) is 0 Å². The van der Waals surface area contributed by atoms with E-state index in [9.17, 15) is 0 Å². The summed E-state index contributed by atoms with van der Waals surface area (Å²) in [6.07, 6.45) is 30.4. The third kappa shape index (κ3) is 7.44. The Morgan fingerprint density at radius 2 is 1.89 bits per heavy atom. The number of hydrogen-bond acceptors (Lipinski definition) is 1. The van der Waals surface area contributed by atoms with Crippen LogP contribution in [0.4, 0.5) is 0 Å². The summed E-state index contributed by atoms with van der Waals surface area (Å²) in [5.74, 6) is 6.34. The molecule has 0 saturated heterocycles. The molecule has 0 aromatic rings. The van der Waals surface area contributed by atoms with Crippen LogP contribution in [0.5, 0.6) is 0 Å². The molecule has 38 heavy (non-hydrogen) atoms. The highest BCUT2D eigenvalue weighted by Gasteiger charge is 2.45. The van der Waals surface area contributed by atoms with Gasteiger partial charge in [-0.15, -0.1) is 0 Å². The van der Waals surface area contributed by atoms with Gasteiger partial charge in [0.2, 0.25) is 0 Å². The van der Waals surface area contributed by atoms with Gasteiger partial charge in [-0.05, 0) is 112 Å². The molecular formula is C37H59N. The van der Waals surface area contributed by atoms with E-state index in [1.54, 1.807) is 11.1 Å². The van der Waals surface area contributed by atoms with Crippen molar-refractivity contribution in [2.24, 2.45) is 47.3 Å². The van der Waals surface area contributed by atoms with Crippen LogP contribution in [0.2, 0.25) is 0 Å². The van der Waals surface area contributed by atoms with Crippen LogP contribution < -0.4 is 0 Å². The van der Waals surface area contributed by atoms with E-state index < -0.39 is 0 Å².